The molecule has 18 rings (SSSR count). The summed E-state index contributed by atoms with van der Waals surface area (Å²) in [4.78, 5) is 10.5. The monoisotopic (exact) mass is 1160 g/mol. The molecule has 0 radical (unpaired) electrons. The van der Waals surface area contributed by atoms with Crippen LogP contribution in [0.15, 0.2) is 273 Å². The van der Waals surface area contributed by atoms with Gasteiger partial charge in [-0.15, -0.1) is 0 Å². The van der Waals surface area contributed by atoms with Crippen LogP contribution in [-0.4, -0.2) is 18.0 Å². The zero-order valence-electron chi connectivity index (χ0n) is 49.9. The summed E-state index contributed by atoms with van der Waals surface area (Å²) in [6, 6.07) is 94.0. The Hall–Kier alpha value is -9.33. The Morgan fingerprint density at radius 3 is 1.56 bits per heavy atom. The summed E-state index contributed by atoms with van der Waals surface area (Å²) in [6.45, 7) is 14.0. The van der Waals surface area contributed by atoms with Gasteiger partial charge in [-0.25, -0.2) is 0 Å². The lowest BCUT2D eigenvalue weighted by Crippen LogP contribution is -2.64. The van der Waals surface area contributed by atoms with Crippen LogP contribution in [0, 0.1) is 0 Å². The molecule has 0 amide bonds. The van der Waals surface area contributed by atoms with Crippen LogP contribution in [0.2, 0.25) is 0 Å². The van der Waals surface area contributed by atoms with Crippen LogP contribution < -0.4 is 42.6 Å². The van der Waals surface area contributed by atoms with Crippen molar-refractivity contribution in [1.82, 2.24) is 4.57 Å². The molecule has 4 nitrogen and oxygen atoms in total. The highest BCUT2D eigenvalue weighted by atomic mass is 32.2. The Kier molecular flexibility index (Phi) is 11.2. The predicted octanol–water partition coefficient (Wildman–Crippen LogP) is 18.1. The Bertz CT molecular complexity index is 5170. The normalized spacial score (nSPS) is 13.8. The number of nitrogens with zero attached hydrogens (tertiary/aromatic N) is 3. The van der Waals surface area contributed by atoms with E-state index in [9.17, 15) is 0 Å². The van der Waals surface area contributed by atoms with E-state index >= 15 is 0 Å². The summed E-state index contributed by atoms with van der Waals surface area (Å²) in [5.74, 6) is 0. The lowest BCUT2D eigenvalue weighted by atomic mass is 9.31. The largest absolute Gasteiger partial charge is 0.454 e. The summed E-state index contributed by atoms with van der Waals surface area (Å²) >= 11 is 3.92. The molecule has 0 spiro atoms. The molecule has 0 fully saturated rings. The van der Waals surface area contributed by atoms with Crippen LogP contribution >= 0.6 is 23.5 Å². The van der Waals surface area contributed by atoms with Crippen LogP contribution in [-0.2, 0) is 10.8 Å². The third kappa shape index (κ3) is 7.64. The fourth-order valence-corrected chi connectivity index (χ4v) is 17.6. The molecule has 88 heavy (non-hydrogen) atoms. The summed E-state index contributed by atoms with van der Waals surface area (Å²) in [7, 11) is 0. The van der Waals surface area contributed by atoms with Crippen molar-refractivity contribution in [3.63, 3.8) is 0 Å². The van der Waals surface area contributed by atoms with Gasteiger partial charge < -0.3 is 18.8 Å². The summed E-state index contributed by atoms with van der Waals surface area (Å²) in [5, 5.41) is 4.76. The fourth-order valence-electron chi connectivity index (χ4n) is 15.0. The average Bonchev–Trinajstić information content (AvgIpc) is 0.740. The van der Waals surface area contributed by atoms with Gasteiger partial charge in [0.25, 0.3) is 6.71 Å². The highest BCUT2D eigenvalue weighted by Gasteiger charge is 2.48. The first kappa shape index (κ1) is 51.9. The number of benzene rings is 12. The molecule has 0 aliphatic carbocycles. The molecular formula is C80H59B2N3OS2. The van der Waals surface area contributed by atoms with Gasteiger partial charge in [-0.1, -0.05) is 252 Å². The fraction of sp³-hybridized carbons (Fsp3) is 0.100. The maximum atomic E-state index is 7.03. The van der Waals surface area contributed by atoms with Crippen molar-refractivity contribution in [3.8, 4) is 27.9 Å². The molecule has 4 aliphatic rings. The highest BCUT2D eigenvalue weighted by molar-refractivity contribution is 8.01. The molecule has 2 aromatic heterocycles. The molecule has 0 unspecified atom stereocenters. The summed E-state index contributed by atoms with van der Waals surface area (Å²) in [5.41, 5.74) is 27.3. The highest BCUT2D eigenvalue weighted by Crippen LogP contribution is 2.53. The predicted molar refractivity (Wildman–Crippen MR) is 376 cm³/mol. The van der Waals surface area contributed by atoms with E-state index in [0.717, 1.165) is 39.0 Å². The second kappa shape index (κ2) is 19.1. The van der Waals surface area contributed by atoms with E-state index in [0.29, 0.717) is 0 Å². The first-order valence-electron chi connectivity index (χ1n) is 30.8. The van der Waals surface area contributed by atoms with Crippen LogP contribution in [0.5, 0.6) is 0 Å². The molecule has 8 heteroatoms. The molecule has 418 valence electrons. The van der Waals surface area contributed by atoms with Crippen molar-refractivity contribution in [3.05, 3.63) is 260 Å². The second-order valence-corrected chi connectivity index (χ2v) is 28.5. The summed E-state index contributed by atoms with van der Waals surface area (Å²) < 4.78 is 9.51. The van der Waals surface area contributed by atoms with Crippen LogP contribution in [0.3, 0.4) is 0 Å². The Morgan fingerprint density at radius 1 is 0.352 bits per heavy atom. The topological polar surface area (TPSA) is 24.6 Å². The molecular weight excluding hydrogens is 1100 g/mol. The van der Waals surface area contributed by atoms with E-state index < -0.39 is 0 Å². The van der Waals surface area contributed by atoms with E-state index in [2.05, 4.69) is 305 Å². The Morgan fingerprint density at radius 2 is 0.886 bits per heavy atom. The van der Waals surface area contributed by atoms with E-state index in [4.69, 9.17) is 4.42 Å². The maximum absolute atomic E-state index is 7.03. The molecule has 0 saturated heterocycles. The minimum atomic E-state index is -0.228. The molecule has 14 aromatic rings. The molecule has 0 saturated carbocycles. The molecule has 12 aromatic carbocycles. The van der Waals surface area contributed by atoms with Crippen LogP contribution in [0.4, 0.5) is 34.1 Å². The van der Waals surface area contributed by atoms with Gasteiger partial charge in [0, 0.05) is 80.7 Å². The number of furan rings is 1. The first-order valence-corrected chi connectivity index (χ1v) is 32.4. The molecule has 0 atom stereocenters. The Labute approximate surface area is 522 Å². The number of hydrogen-bond donors (Lipinski definition) is 0. The molecule has 6 heterocycles. The van der Waals surface area contributed by atoms with Gasteiger partial charge in [-0.3, -0.25) is 0 Å². The maximum Gasteiger partial charge on any atom is 0.252 e. The molecule has 0 N–H and O–H groups in total. The number of anilines is 6. The smallest absolute Gasteiger partial charge is 0.252 e. The Balaban J connectivity index is 0.949. The average molecular weight is 1160 g/mol. The van der Waals surface area contributed by atoms with Crippen molar-refractivity contribution in [2.45, 2.75) is 72.0 Å². The van der Waals surface area contributed by atoms with Crippen molar-refractivity contribution in [2.24, 2.45) is 0 Å². The minimum Gasteiger partial charge on any atom is -0.454 e. The number of hydrogen-bond acceptors (Lipinski definition) is 5. The van der Waals surface area contributed by atoms with E-state index in [1.165, 1.54) is 130 Å². The van der Waals surface area contributed by atoms with E-state index in [-0.39, 0.29) is 24.3 Å². The minimum absolute atomic E-state index is 0.0147. The quantitative estimate of drug-likeness (QED) is 0.160. The second-order valence-electron chi connectivity index (χ2n) is 26.3. The SMILES string of the molecule is CC(C)(C)c1cc2c3c(c1)Sc1cc4c(cc1B3c1ccc(-n3c5ccccc5c5ccccc53)cc1S2)B1c2ccccc2N(c2cccc3c2oc2ccccc23)c2cc(C(C)(C)C)cc(c21)N4c1c(-c2ccccc2)cccc1-c1ccccc1. The van der Waals surface area contributed by atoms with Gasteiger partial charge in [0.1, 0.15) is 5.58 Å². The van der Waals surface area contributed by atoms with Crippen molar-refractivity contribution < 1.29 is 4.42 Å². The van der Waals surface area contributed by atoms with Gasteiger partial charge in [0.2, 0.25) is 6.71 Å². The van der Waals surface area contributed by atoms with E-state index in [1.54, 1.807) is 0 Å². The van der Waals surface area contributed by atoms with Gasteiger partial charge in [-0.2, -0.15) is 0 Å². The van der Waals surface area contributed by atoms with Gasteiger partial charge in [0.15, 0.2) is 5.58 Å². The zero-order valence-corrected chi connectivity index (χ0v) is 51.5. The van der Waals surface area contributed by atoms with Crippen molar-refractivity contribution in [1.29, 1.82) is 0 Å². The van der Waals surface area contributed by atoms with E-state index in [1.807, 2.05) is 23.5 Å². The lowest BCUT2D eigenvalue weighted by Gasteiger charge is -2.46. The summed E-state index contributed by atoms with van der Waals surface area (Å²) in [6.07, 6.45) is 0. The van der Waals surface area contributed by atoms with Crippen molar-refractivity contribution in [2.75, 3.05) is 9.80 Å². The first-order chi connectivity index (χ1) is 42.9. The number of para-hydroxylation sites is 6. The van der Waals surface area contributed by atoms with Crippen LogP contribution in [0.1, 0.15) is 52.7 Å². The van der Waals surface area contributed by atoms with Crippen LogP contribution in [0.25, 0.3) is 71.7 Å². The number of rotatable bonds is 5. The van der Waals surface area contributed by atoms with Gasteiger partial charge in [0.05, 0.1) is 22.4 Å². The third-order valence-electron chi connectivity index (χ3n) is 19.2. The lowest BCUT2D eigenvalue weighted by molar-refractivity contribution is 0.587. The third-order valence-corrected chi connectivity index (χ3v) is 21.4. The number of aromatic nitrogens is 1. The number of fused-ring (bicyclic) bond motifs is 14. The van der Waals surface area contributed by atoms with Crippen molar-refractivity contribution >= 4 is 148 Å². The van der Waals surface area contributed by atoms with Gasteiger partial charge >= 0.3 is 0 Å². The zero-order chi connectivity index (χ0) is 58.9. The molecule has 0 bridgehead atoms. The van der Waals surface area contributed by atoms with Gasteiger partial charge in [-0.05, 0) is 128 Å². The molecule has 4 aliphatic heterocycles. The standard InChI is InChI=1S/C80H59B2N3OS2/c1-79(2,3)50-41-68-75-69(42-50)85(77-53(48-23-9-7-10-24-48)30-21-31-54(77)49-25-11-8-12-26-49)67-47-72-62(46-61(67)81(75)59-33-16-19-36-65(59)84(68)66-37-22-32-58-57-29-15-20-38-70(57)86-78(58)66)82-60-40-39-52(83-63-34-17-13-27-55(63)56-28-14-18-35-64(56)83)45-71(60)87-73-43-51(80(4,5)6)44-74(88-72)76(73)82/h7-47H,1-6H3.